The molecule has 0 saturated carbocycles. The summed E-state index contributed by atoms with van der Waals surface area (Å²) in [4.78, 5) is 18.2. The zero-order valence-electron chi connectivity index (χ0n) is 10.9. The van der Waals surface area contributed by atoms with Crippen molar-refractivity contribution >= 4 is 22.4 Å². The van der Waals surface area contributed by atoms with Gasteiger partial charge in [-0.1, -0.05) is 6.92 Å². The summed E-state index contributed by atoms with van der Waals surface area (Å²) < 4.78 is 0. The number of nitrogens with zero attached hydrogens (tertiary/aromatic N) is 2. The average Bonchev–Trinajstić information content (AvgIpc) is 2.74. The lowest BCUT2D eigenvalue weighted by Crippen LogP contribution is -2.33. The van der Waals surface area contributed by atoms with E-state index in [1.165, 1.54) is 0 Å². The molecule has 0 aliphatic carbocycles. The predicted molar refractivity (Wildman–Crippen MR) is 74.0 cm³/mol. The standard InChI is InChI=1S/C12H20N4OS/c1-3-13-9(2)10-8-18-12(15-10)16-6-4-5-14-11(17)7-16/h8-9,13H,3-7H2,1-2H3,(H,14,17). The van der Waals surface area contributed by atoms with E-state index in [0.29, 0.717) is 6.54 Å². The highest BCUT2D eigenvalue weighted by Crippen LogP contribution is 2.24. The first kappa shape index (κ1) is 13.3. The molecule has 1 atom stereocenters. The first-order valence-electron chi connectivity index (χ1n) is 6.41. The van der Waals surface area contributed by atoms with Crippen LogP contribution in [0.25, 0.3) is 0 Å². The molecular formula is C12H20N4OS. The number of thiazole rings is 1. The molecule has 1 saturated heterocycles. The molecular weight excluding hydrogens is 248 g/mol. The van der Waals surface area contributed by atoms with E-state index >= 15 is 0 Å². The Balaban J connectivity index is 2.06. The molecule has 1 fully saturated rings. The maximum Gasteiger partial charge on any atom is 0.239 e. The maximum absolute atomic E-state index is 11.5. The fraction of sp³-hybridized carbons (Fsp3) is 0.667. The second-order valence-corrected chi connectivity index (χ2v) is 5.30. The number of hydrogen-bond acceptors (Lipinski definition) is 5. The lowest BCUT2D eigenvalue weighted by molar-refractivity contribution is -0.119. The molecule has 1 aromatic rings. The number of carbonyl (C=O) groups excluding carboxylic acids is 1. The van der Waals surface area contributed by atoms with E-state index in [1.54, 1.807) is 11.3 Å². The third-order valence-electron chi connectivity index (χ3n) is 3.00. The van der Waals surface area contributed by atoms with Crippen LogP contribution in [0.4, 0.5) is 5.13 Å². The van der Waals surface area contributed by atoms with Crippen molar-refractivity contribution in [2.45, 2.75) is 26.3 Å². The molecule has 0 spiro atoms. The van der Waals surface area contributed by atoms with Crippen molar-refractivity contribution < 1.29 is 4.79 Å². The number of aromatic nitrogens is 1. The first-order chi connectivity index (χ1) is 8.70. The Labute approximate surface area is 112 Å². The van der Waals surface area contributed by atoms with E-state index in [2.05, 4.69) is 39.7 Å². The Kier molecular flexibility index (Phi) is 4.54. The smallest absolute Gasteiger partial charge is 0.239 e. The summed E-state index contributed by atoms with van der Waals surface area (Å²) in [7, 11) is 0. The Morgan fingerprint density at radius 2 is 2.50 bits per heavy atom. The van der Waals surface area contributed by atoms with Crippen molar-refractivity contribution in [3.8, 4) is 0 Å². The molecule has 100 valence electrons. The molecule has 1 amide bonds. The summed E-state index contributed by atoms with van der Waals surface area (Å²) in [6.45, 7) is 7.20. The van der Waals surface area contributed by atoms with Crippen LogP contribution in [0.15, 0.2) is 5.38 Å². The summed E-state index contributed by atoms with van der Waals surface area (Å²) in [6.07, 6.45) is 0.976. The molecule has 2 rings (SSSR count). The minimum Gasteiger partial charge on any atom is -0.354 e. The molecule has 0 bridgehead atoms. The van der Waals surface area contributed by atoms with Crippen LogP contribution in [-0.4, -0.2) is 37.1 Å². The second kappa shape index (κ2) is 6.15. The van der Waals surface area contributed by atoms with Crippen LogP contribution >= 0.6 is 11.3 Å². The zero-order valence-corrected chi connectivity index (χ0v) is 11.7. The molecule has 5 nitrogen and oxygen atoms in total. The predicted octanol–water partition coefficient (Wildman–Crippen LogP) is 1.14. The van der Waals surface area contributed by atoms with Crippen LogP contribution in [0.1, 0.15) is 32.0 Å². The molecule has 1 unspecified atom stereocenters. The van der Waals surface area contributed by atoms with Gasteiger partial charge in [-0.15, -0.1) is 11.3 Å². The number of hydrogen-bond donors (Lipinski definition) is 2. The zero-order chi connectivity index (χ0) is 13.0. The second-order valence-electron chi connectivity index (χ2n) is 4.46. The van der Waals surface area contributed by atoms with Crippen molar-refractivity contribution in [1.29, 1.82) is 0 Å². The number of carbonyl (C=O) groups is 1. The van der Waals surface area contributed by atoms with Gasteiger partial charge in [-0.3, -0.25) is 4.79 Å². The van der Waals surface area contributed by atoms with Crippen LogP contribution in [-0.2, 0) is 4.79 Å². The molecule has 2 heterocycles. The molecule has 6 heteroatoms. The normalized spacial score (nSPS) is 18.3. The number of nitrogens with one attached hydrogen (secondary N) is 2. The molecule has 1 aliphatic rings. The Morgan fingerprint density at radius 1 is 1.67 bits per heavy atom. The van der Waals surface area contributed by atoms with Crippen LogP contribution in [0.3, 0.4) is 0 Å². The van der Waals surface area contributed by atoms with E-state index in [0.717, 1.165) is 36.9 Å². The Bertz CT molecular complexity index is 407. The Morgan fingerprint density at radius 3 is 3.28 bits per heavy atom. The third kappa shape index (κ3) is 3.20. The summed E-state index contributed by atoms with van der Waals surface area (Å²) in [5.74, 6) is 0.0870. The molecule has 18 heavy (non-hydrogen) atoms. The van der Waals surface area contributed by atoms with Crippen LogP contribution in [0.2, 0.25) is 0 Å². The maximum atomic E-state index is 11.5. The van der Waals surface area contributed by atoms with E-state index in [4.69, 9.17) is 0 Å². The average molecular weight is 268 g/mol. The quantitative estimate of drug-likeness (QED) is 0.860. The van der Waals surface area contributed by atoms with Gasteiger partial charge < -0.3 is 15.5 Å². The third-order valence-corrected chi connectivity index (χ3v) is 3.92. The highest BCUT2D eigenvalue weighted by Gasteiger charge is 2.18. The van der Waals surface area contributed by atoms with Gasteiger partial charge in [-0.25, -0.2) is 4.98 Å². The van der Waals surface area contributed by atoms with Gasteiger partial charge in [0.2, 0.25) is 5.91 Å². The van der Waals surface area contributed by atoms with Crippen LogP contribution < -0.4 is 15.5 Å². The van der Waals surface area contributed by atoms with Gasteiger partial charge in [-0.05, 0) is 19.9 Å². The fourth-order valence-electron chi connectivity index (χ4n) is 2.00. The van der Waals surface area contributed by atoms with Gasteiger partial charge in [0.25, 0.3) is 0 Å². The molecule has 0 aromatic carbocycles. The number of anilines is 1. The van der Waals surface area contributed by atoms with Gasteiger partial charge >= 0.3 is 0 Å². The largest absolute Gasteiger partial charge is 0.354 e. The molecule has 0 radical (unpaired) electrons. The van der Waals surface area contributed by atoms with Crippen molar-refractivity contribution in [3.05, 3.63) is 11.1 Å². The van der Waals surface area contributed by atoms with Gasteiger partial charge in [0.1, 0.15) is 0 Å². The SMILES string of the molecule is CCNC(C)c1csc(N2CCCNC(=O)C2)n1. The van der Waals surface area contributed by atoms with Crippen LogP contribution in [0.5, 0.6) is 0 Å². The Hall–Kier alpha value is -1.14. The molecule has 2 N–H and O–H groups in total. The van der Waals surface area contributed by atoms with Crippen molar-refractivity contribution in [2.75, 3.05) is 31.1 Å². The fourth-order valence-corrected chi connectivity index (χ4v) is 2.95. The van der Waals surface area contributed by atoms with Gasteiger partial charge in [0.05, 0.1) is 12.2 Å². The first-order valence-corrected chi connectivity index (χ1v) is 7.29. The van der Waals surface area contributed by atoms with E-state index in [-0.39, 0.29) is 11.9 Å². The monoisotopic (exact) mass is 268 g/mol. The van der Waals surface area contributed by atoms with Gasteiger partial charge in [0, 0.05) is 24.5 Å². The number of rotatable bonds is 4. The minimum absolute atomic E-state index is 0.0870. The van der Waals surface area contributed by atoms with E-state index < -0.39 is 0 Å². The molecule has 1 aliphatic heterocycles. The lowest BCUT2D eigenvalue weighted by atomic mass is 10.2. The number of amides is 1. The topological polar surface area (TPSA) is 57.3 Å². The van der Waals surface area contributed by atoms with Crippen molar-refractivity contribution in [3.63, 3.8) is 0 Å². The highest BCUT2D eigenvalue weighted by molar-refractivity contribution is 7.13. The van der Waals surface area contributed by atoms with E-state index in [9.17, 15) is 4.79 Å². The van der Waals surface area contributed by atoms with E-state index in [1.807, 2.05) is 0 Å². The summed E-state index contributed by atoms with van der Waals surface area (Å²) in [5, 5.41) is 9.25. The van der Waals surface area contributed by atoms with Crippen LogP contribution in [0, 0.1) is 0 Å². The van der Waals surface area contributed by atoms with Gasteiger partial charge in [-0.2, -0.15) is 0 Å². The van der Waals surface area contributed by atoms with Crippen molar-refractivity contribution in [2.24, 2.45) is 0 Å². The summed E-state index contributed by atoms with van der Waals surface area (Å²) in [6, 6.07) is 0.265. The minimum atomic E-state index is 0.0870. The van der Waals surface area contributed by atoms with Crippen molar-refractivity contribution in [1.82, 2.24) is 15.6 Å². The highest BCUT2D eigenvalue weighted by atomic mass is 32.1. The molecule has 1 aromatic heterocycles. The summed E-state index contributed by atoms with van der Waals surface area (Å²) in [5.41, 5.74) is 1.06. The summed E-state index contributed by atoms with van der Waals surface area (Å²) >= 11 is 1.62. The lowest BCUT2D eigenvalue weighted by Gasteiger charge is -2.17. The van der Waals surface area contributed by atoms with Gasteiger partial charge in [0.15, 0.2) is 5.13 Å².